The van der Waals surface area contributed by atoms with Crippen molar-refractivity contribution in [1.82, 2.24) is 5.32 Å². The summed E-state index contributed by atoms with van der Waals surface area (Å²) in [5, 5.41) is 11.3. The molecule has 2 aromatic rings. The normalized spacial score (nSPS) is 15.1. The minimum atomic E-state index is -1.15. The lowest BCUT2D eigenvalue weighted by Gasteiger charge is -2.26. The highest BCUT2D eigenvalue weighted by molar-refractivity contribution is 6.39. The molecule has 9 nitrogen and oxygen atoms in total. The van der Waals surface area contributed by atoms with Crippen molar-refractivity contribution < 1.29 is 33.8 Å². The quantitative estimate of drug-likeness (QED) is 0.518. The summed E-state index contributed by atoms with van der Waals surface area (Å²) >= 11 is 6.24. The Balaban J connectivity index is 2.01. The maximum Gasteiger partial charge on any atom is 0.335 e. The fourth-order valence-corrected chi connectivity index (χ4v) is 3.19. The Morgan fingerprint density at radius 2 is 1.87 bits per heavy atom. The number of ether oxygens (including phenoxy) is 2. The van der Waals surface area contributed by atoms with Gasteiger partial charge in [-0.05, 0) is 55.0 Å². The molecule has 10 heteroatoms. The smallest absolute Gasteiger partial charge is 0.335 e. The first kappa shape index (κ1) is 21.8. The molecule has 1 fully saturated rings. The van der Waals surface area contributed by atoms with Crippen LogP contribution in [0.1, 0.15) is 22.8 Å². The monoisotopic (exact) mass is 444 g/mol. The van der Waals surface area contributed by atoms with Crippen LogP contribution in [0.25, 0.3) is 6.08 Å². The molecule has 0 atom stereocenters. The molecule has 1 aliphatic heterocycles. The summed E-state index contributed by atoms with van der Waals surface area (Å²) in [5.41, 5.74) is 0.147. The highest BCUT2D eigenvalue weighted by Crippen LogP contribution is 2.37. The molecule has 160 valence electrons. The van der Waals surface area contributed by atoms with Gasteiger partial charge < -0.3 is 14.6 Å². The zero-order chi connectivity index (χ0) is 22.7. The molecule has 2 aromatic carbocycles. The fourth-order valence-electron chi connectivity index (χ4n) is 2.92. The van der Waals surface area contributed by atoms with Crippen molar-refractivity contribution in [2.24, 2.45) is 0 Å². The molecule has 1 heterocycles. The molecule has 1 saturated heterocycles. The number of carbonyl (C=O) groups is 4. The van der Waals surface area contributed by atoms with Gasteiger partial charge in [0, 0.05) is 0 Å². The van der Waals surface area contributed by atoms with Crippen LogP contribution in [0.3, 0.4) is 0 Å². The number of barbiturate groups is 1. The van der Waals surface area contributed by atoms with Gasteiger partial charge in [-0.3, -0.25) is 14.9 Å². The predicted octanol–water partition coefficient (Wildman–Crippen LogP) is 3.11. The van der Waals surface area contributed by atoms with E-state index >= 15 is 0 Å². The highest BCUT2D eigenvalue weighted by atomic mass is 35.5. The van der Waals surface area contributed by atoms with Crippen molar-refractivity contribution in [1.29, 1.82) is 0 Å². The number of carbonyl (C=O) groups excluding carboxylic acids is 3. The first-order valence-electron chi connectivity index (χ1n) is 9.02. The number of amides is 4. The van der Waals surface area contributed by atoms with E-state index in [2.05, 4.69) is 5.32 Å². The SMILES string of the molecule is CCOc1c(Cl)cc(/C=C2\C(=O)NC(=O)N(c3ccc(C(=O)O)cc3)C2=O)cc1OC. The van der Waals surface area contributed by atoms with Crippen molar-refractivity contribution in [3.05, 3.63) is 58.1 Å². The number of nitrogens with zero attached hydrogens (tertiary/aromatic N) is 1. The number of imide groups is 2. The highest BCUT2D eigenvalue weighted by Gasteiger charge is 2.37. The third-order valence-corrected chi connectivity index (χ3v) is 4.61. The lowest BCUT2D eigenvalue weighted by molar-refractivity contribution is -0.122. The van der Waals surface area contributed by atoms with E-state index in [4.69, 9.17) is 26.2 Å². The molecule has 0 bridgehead atoms. The zero-order valence-electron chi connectivity index (χ0n) is 16.5. The number of carboxylic acids is 1. The van der Waals surface area contributed by atoms with Crippen LogP contribution in [0, 0.1) is 0 Å². The average Bonchev–Trinajstić information content (AvgIpc) is 2.73. The van der Waals surface area contributed by atoms with Crippen LogP contribution < -0.4 is 19.7 Å². The Bertz CT molecular complexity index is 1110. The molecular weight excluding hydrogens is 428 g/mol. The third-order valence-electron chi connectivity index (χ3n) is 4.33. The fraction of sp³-hybridized carbons (Fsp3) is 0.143. The number of hydrogen-bond acceptors (Lipinski definition) is 6. The van der Waals surface area contributed by atoms with Crippen molar-refractivity contribution >= 4 is 47.2 Å². The summed E-state index contributed by atoms with van der Waals surface area (Å²) in [4.78, 5) is 49.3. The Morgan fingerprint density at radius 1 is 1.19 bits per heavy atom. The summed E-state index contributed by atoms with van der Waals surface area (Å²) < 4.78 is 10.7. The number of aromatic carboxylic acids is 1. The molecule has 31 heavy (non-hydrogen) atoms. The Hall–Kier alpha value is -3.85. The van der Waals surface area contributed by atoms with Crippen molar-refractivity contribution in [2.45, 2.75) is 6.92 Å². The van der Waals surface area contributed by atoms with Crippen LogP contribution in [0.5, 0.6) is 11.5 Å². The van der Waals surface area contributed by atoms with Crippen LogP contribution in [0.15, 0.2) is 42.0 Å². The number of hydrogen-bond donors (Lipinski definition) is 2. The average molecular weight is 445 g/mol. The summed E-state index contributed by atoms with van der Waals surface area (Å²) in [6.45, 7) is 2.14. The van der Waals surface area contributed by atoms with Gasteiger partial charge in [-0.25, -0.2) is 14.5 Å². The molecule has 3 rings (SSSR count). The molecule has 4 amide bonds. The number of carboxylic acid groups (broad SMARTS) is 1. The van der Waals surface area contributed by atoms with Gasteiger partial charge in [0.15, 0.2) is 11.5 Å². The van der Waals surface area contributed by atoms with Crippen LogP contribution in [-0.4, -0.2) is 42.6 Å². The van der Waals surface area contributed by atoms with E-state index in [1.165, 1.54) is 49.6 Å². The Labute approximate surface area is 181 Å². The van der Waals surface area contributed by atoms with E-state index < -0.39 is 23.8 Å². The van der Waals surface area contributed by atoms with E-state index in [1.54, 1.807) is 6.92 Å². The van der Waals surface area contributed by atoms with E-state index in [-0.39, 0.29) is 21.8 Å². The lowest BCUT2D eigenvalue weighted by atomic mass is 10.1. The van der Waals surface area contributed by atoms with Gasteiger partial charge in [0.05, 0.1) is 30.0 Å². The number of benzene rings is 2. The number of halogens is 1. The molecule has 0 radical (unpaired) electrons. The standard InChI is InChI=1S/C21H17ClN2O7/c1-3-31-17-15(22)9-11(10-16(17)30-2)8-14-18(25)23-21(29)24(19(14)26)13-6-4-12(5-7-13)20(27)28/h4-10H,3H2,1-2H3,(H,27,28)(H,23,25,29)/b14-8+. The minimum absolute atomic E-state index is 0.0171. The van der Waals surface area contributed by atoms with Gasteiger partial charge in [0.2, 0.25) is 0 Å². The molecule has 0 saturated carbocycles. The number of anilines is 1. The van der Waals surface area contributed by atoms with Crippen LogP contribution in [0.4, 0.5) is 10.5 Å². The second kappa shape index (κ2) is 8.88. The molecule has 0 aliphatic carbocycles. The summed E-state index contributed by atoms with van der Waals surface area (Å²) in [6.07, 6.45) is 1.27. The summed E-state index contributed by atoms with van der Waals surface area (Å²) in [5.74, 6) is -2.28. The third kappa shape index (κ3) is 4.36. The van der Waals surface area contributed by atoms with E-state index in [1.807, 2.05) is 0 Å². The van der Waals surface area contributed by atoms with Crippen LogP contribution in [-0.2, 0) is 9.59 Å². The molecule has 1 aliphatic rings. The molecular formula is C21H17ClN2O7. The van der Waals surface area contributed by atoms with Gasteiger partial charge in [-0.15, -0.1) is 0 Å². The van der Waals surface area contributed by atoms with Gasteiger partial charge >= 0.3 is 12.0 Å². The largest absolute Gasteiger partial charge is 0.493 e. The van der Waals surface area contributed by atoms with Crippen molar-refractivity contribution in [3.8, 4) is 11.5 Å². The minimum Gasteiger partial charge on any atom is -0.493 e. The summed E-state index contributed by atoms with van der Waals surface area (Å²) in [7, 11) is 1.42. The molecule has 0 spiro atoms. The zero-order valence-corrected chi connectivity index (χ0v) is 17.2. The first-order valence-corrected chi connectivity index (χ1v) is 9.39. The number of urea groups is 1. The van der Waals surface area contributed by atoms with Crippen LogP contribution in [0.2, 0.25) is 5.02 Å². The Morgan fingerprint density at radius 3 is 2.45 bits per heavy atom. The molecule has 2 N–H and O–H groups in total. The maximum absolute atomic E-state index is 12.9. The topological polar surface area (TPSA) is 122 Å². The van der Waals surface area contributed by atoms with E-state index in [0.29, 0.717) is 23.7 Å². The predicted molar refractivity (Wildman–Crippen MR) is 112 cm³/mol. The maximum atomic E-state index is 12.9. The van der Waals surface area contributed by atoms with Crippen molar-refractivity contribution in [2.75, 3.05) is 18.6 Å². The number of rotatable bonds is 6. The van der Waals surface area contributed by atoms with Gasteiger partial charge in [0.25, 0.3) is 11.8 Å². The second-order valence-electron chi connectivity index (χ2n) is 6.28. The van der Waals surface area contributed by atoms with E-state index in [9.17, 15) is 19.2 Å². The molecule has 0 unspecified atom stereocenters. The second-order valence-corrected chi connectivity index (χ2v) is 6.68. The van der Waals surface area contributed by atoms with Crippen molar-refractivity contribution in [3.63, 3.8) is 0 Å². The number of methoxy groups -OCH3 is 1. The van der Waals surface area contributed by atoms with Gasteiger partial charge in [-0.1, -0.05) is 11.6 Å². The molecule has 0 aromatic heterocycles. The number of nitrogens with one attached hydrogen (secondary N) is 1. The first-order chi connectivity index (χ1) is 14.8. The Kier molecular flexibility index (Phi) is 6.26. The lowest BCUT2D eigenvalue weighted by Crippen LogP contribution is -2.54. The van der Waals surface area contributed by atoms with Crippen LogP contribution >= 0.6 is 11.6 Å². The van der Waals surface area contributed by atoms with Gasteiger partial charge in [-0.2, -0.15) is 0 Å². The van der Waals surface area contributed by atoms with E-state index in [0.717, 1.165) is 4.90 Å². The summed E-state index contributed by atoms with van der Waals surface area (Å²) in [6, 6.07) is 7.16. The van der Waals surface area contributed by atoms with Gasteiger partial charge in [0.1, 0.15) is 5.57 Å².